The number of ketones is 1. The van der Waals surface area contributed by atoms with E-state index in [4.69, 9.17) is 9.15 Å². The number of esters is 1. The van der Waals surface area contributed by atoms with Gasteiger partial charge in [0.1, 0.15) is 6.54 Å². The summed E-state index contributed by atoms with van der Waals surface area (Å²) in [6.45, 7) is -0.878. The second-order valence-corrected chi connectivity index (χ2v) is 6.72. The van der Waals surface area contributed by atoms with Crippen LogP contribution in [0.3, 0.4) is 0 Å². The standard InChI is InChI=1S/C24H18N2O5/c27-21(19-13-11-18(12-14-19)17-7-3-1-4-8-17)16-30-22(28)15-26-24(29)31-23(25-26)20-9-5-2-6-10-20/h1-14H,15-16H2. The van der Waals surface area contributed by atoms with Crippen molar-refractivity contribution < 1.29 is 18.7 Å². The summed E-state index contributed by atoms with van der Waals surface area (Å²) in [5.41, 5.74) is 3.06. The van der Waals surface area contributed by atoms with E-state index in [1.54, 1.807) is 36.4 Å². The Bertz CT molecular complexity index is 1240. The zero-order valence-corrected chi connectivity index (χ0v) is 16.4. The maximum Gasteiger partial charge on any atom is 0.437 e. The third-order valence-corrected chi connectivity index (χ3v) is 4.58. The largest absolute Gasteiger partial charge is 0.456 e. The average molecular weight is 414 g/mol. The molecule has 0 spiro atoms. The molecule has 0 radical (unpaired) electrons. The smallest absolute Gasteiger partial charge is 0.437 e. The van der Waals surface area contributed by atoms with Crippen molar-refractivity contribution in [3.63, 3.8) is 0 Å². The maximum atomic E-state index is 12.3. The van der Waals surface area contributed by atoms with E-state index in [0.29, 0.717) is 11.1 Å². The Kier molecular flexibility index (Phi) is 5.84. The van der Waals surface area contributed by atoms with Gasteiger partial charge in [-0.15, -0.1) is 5.10 Å². The number of carbonyl (C=O) groups excluding carboxylic acids is 2. The van der Waals surface area contributed by atoms with Crippen LogP contribution in [0.2, 0.25) is 0 Å². The fraction of sp³-hybridized carbons (Fsp3) is 0.0833. The molecule has 7 nitrogen and oxygen atoms in total. The third-order valence-electron chi connectivity index (χ3n) is 4.58. The van der Waals surface area contributed by atoms with E-state index in [-0.39, 0.29) is 11.7 Å². The maximum absolute atomic E-state index is 12.3. The molecule has 0 N–H and O–H groups in total. The number of carbonyl (C=O) groups is 2. The van der Waals surface area contributed by atoms with Crippen LogP contribution in [0.5, 0.6) is 0 Å². The second kappa shape index (κ2) is 9.04. The van der Waals surface area contributed by atoms with Crippen LogP contribution in [0.15, 0.2) is 94.1 Å². The van der Waals surface area contributed by atoms with Crippen molar-refractivity contribution in [3.8, 4) is 22.6 Å². The van der Waals surface area contributed by atoms with Crippen LogP contribution >= 0.6 is 0 Å². The van der Waals surface area contributed by atoms with E-state index in [0.717, 1.165) is 15.8 Å². The molecular weight excluding hydrogens is 396 g/mol. The SMILES string of the molecule is O=C(Cn1nc(-c2ccccc2)oc1=O)OCC(=O)c1ccc(-c2ccccc2)cc1. The molecule has 0 bridgehead atoms. The van der Waals surface area contributed by atoms with E-state index >= 15 is 0 Å². The lowest BCUT2D eigenvalue weighted by atomic mass is 10.0. The highest BCUT2D eigenvalue weighted by Gasteiger charge is 2.15. The van der Waals surface area contributed by atoms with E-state index < -0.39 is 24.9 Å². The highest BCUT2D eigenvalue weighted by Crippen LogP contribution is 2.19. The molecule has 0 amide bonds. The van der Waals surface area contributed by atoms with Crippen molar-refractivity contribution >= 4 is 11.8 Å². The third kappa shape index (κ3) is 4.84. The molecule has 1 aromatic heterocycles. The summed E-state index contributed by atoms with van der Waals surface area (Å²) in [4.78, 5) is 36.3. The lowest BCUT2D eigenvalue weighted by Gasteiger charge is -2.05. The number of hydrogen-bond acceptors (Lipinski definition) is 6. The van der Waals surface area contributed by atoms with Crippen molar-refractivity contribution in [2.75, 3.05) is 6.61 Å². The lowest BCUT2D eigenvalue weighted by molar-refractivity contribution is -0.143. The summed E-state index contributed by atoms with van der Waals surface area (Å²) in [5.74, 6) is -1.78. The number of nitrogens with zero attached hydrogens (tertiary/aromatic N) is 2. The molecule has 154 valence electrons. The monoisotopic (exact) mass is 414 g/mol. The minimum Gasteiger partial charge on any atom is -0.456 e. The van der Waals surface area contributed by atoms with Crippen molar-refractivity contribution in [1.29, 1.82) is 0 Å². The van der Waals surface area contributed by atoms with Crippen LogP contribution in [-0.4, -0.2) is 28.1 Å². The molecule has 3 aromatic carbocycles. The molecule has 1 heterocycles. The molecule has 0 fully saturated rings. The highest BCUT2D eigenvalue weighted by molar-refractivity contribution is 5.98. The number of benzene rings is 3. The summed E-state index contributed by atoms with van der Waals surface area (Å²) < 4.78 is 10.9. The van der Waals surface area contributed by atoms with Gasteiger partial charge in [-0.1, -0.05) is 72.8 Å². The summed E-state index contributed by atoms with van der Waals surface area (Å²) in [5, 5.41) is 4.00. The van der Waals surface area contributed by atoms with Crippen molar-refractivity contribution in [3.05, 3.63) is 101 Å². The summed E-state index contributed by atoms with van der Waals surface area (Å²) >= 11 is 0. The first-order valence-electron chi connectivity index (χ1n) is 9.58. The van der Waals surface area contributed by atoms with Crippen molar-refractivity contribution in [1.82, 2.24) is 9.78 Å². The van der Waals surface area contributed by atoms with E-state index in [1.807, 2.05) is 48.5 Å². The number of rotatable bonds is 7. The lowest BCUT2D eigenvalue weighted by Crippen LogP contribution is -2.24. The number of ether oxygens (including phenoxy) is 1. The van der Waals surface area contributed by atoms with Gasteiger partial charge in [0, 0.05) is 11.1 Å². The van der Waals surface area contributed by atoms with Crippen LogP contribution < -0.4 is 5.76 Å². The molecule has 31 heavy (non-hydrogen) atoms. The minimum atomic E-state index is -0.779. The summed E-state index contributed by atoms with van der Waals surface area (Å²) in [6, 6.07) is 25.7. The fourth-order valence-electron chi connectivity index (χ4n) is 2.98. The first kappa shape index (κ1) is 20.0. The predicted molar refractivity (Wildman–Crippen MR) is 113 cm³/mol. The molecule has 0 atom stereocenters. The predicted octanol–water partition coefficient (Wildman–Crippen LogP) is 3.60. The summed E-state index contributed by atoms with van der Waals surface area (Å²) in [6.07, 6.45) is 0. The average Bonchev–Trinajstić information content (AvgIpc) is 3.19. The zero-order valence-electron chi connectivity index (χ0n) is 16.4. The van der Waals surface area contributed by atoms with Gasteiger partial charge in [0.2, 0.25) is 5.89 Å². The Labute approximate surface area is 177 Å². The fourth-order valence-corrected chi connectivity index (χ4v) is 2.98. The Morgan fingerprint density at radius 2 is 1.39 bits per heavy atom. The van der Waals surface area contributed by atoms with Gasteiger partial charge in [-0.05, 0) is 23.3 Å². The molecule has 7 heteroatoms. The Hall–Kier alpha value is -4.26. The van der Waals surface area contributed by atoms with Crippen molar-refractivity contribution in [2.24, 2.45) is 0 Å². The quantitative estimate of drug-likeness (QED) is 0.339. The van der Waals surface area contributed by atoms with Gasteiger partial charge in [0.05, 0.1) is 0 Å². The minimum absolute atomic E-state index is 0.105. The van der Waals surface area contributed by atoms with Crippen LogP contribution in [-0.2, 0) is 16.1 Å². The van der Waals surface area contributed by atoms with Gasteiger partial charge >= 0.3 is 11.7 Å². The van der Waals surface area contributed by atoms with Gasteiger partial charge < -0.3 is 9.15 Å². The molecule has 0 aliphatic heterocycles. The summed E-state index contributed by atoms with van der Waals surface area (Å²) in [7, 11) is 0. The number of hydrogen-bond donors (Lipinski definition) is 0. The normalized spacial score (nSPS) is 10.6. The molecule has 4 aromatic rings. The zero-order chi connectivity index (χ0) is 21.6. The molecule has 4 rings (SSSR count). The molecule has 0 aliphatic carbocycles. The topological polar surface area (TPSA) is 91.4 Å². The molecular formula is C24H18N2O5. The van der Waals surface area contributed by atoms with E-state index in [2.05, 4.69) is 5.10 Å². The molecule has 0 aliphatic rings. The van der Waals surface area contributed by atoms with Gasteiger partial charge in [-0.3, -0.25) is 9.59 Å². The first-order valence-corrected chi connectivity index (χ1v) is 9.58. The van der Waals surface area contributed by atoms with E-state index in [9.17, 15) is 14.4 Å². The van der Waals surface area contributed by atoms with Crippen LogP contribution in [0, 0.1) is 0 Å². The Balaban J connectivity index is 1.34. The van der Waals surface area contributed by atoms with Gasteiger partial charge in [-0.2, -0.15) is 4.68 Å². The molecule has 0 saturated heterocycles. The number of Topliss-reactive ketones (excluding diaryl/α,β-unsaturated/α-hetero) is 1. The molecule has 0 unspecified atom stereocenters. The Morgan fingerprint density at radius 3 is 2.03 bits per heavy atom. The number of aromatic nitrogens is 2. The second-order valence-electron chi connectivity index (χ2n) is 6.72. The van der Waals surface area contributed by atoms with Crippen molar-refractivity contribution in [2.45, 2.75) is 6.54 Å². The highest BCUT2D eigenvalue weighted by atomic mass is 16.5. The van der Waals surface area contributed by atoms with Gasteiger partial charge in [-0.25, -0.2) is 4.79 Å². The van der Waals surface area contributed by atoms with Crippen LogP contribution in [0.4, 0.5) is 0 Å². The van der Waals surface area contributed by atoms with E-state index in [1.165, 1.54) is 0 Å². The van der Waals surface area contributed by atoms with Crippen LogP contribution in [0.1, 0.15) is 10.4 Å². The van der Waals surface area contributed by atoms with Gasteiger partial charge in [0.15, 0.2) is 12.4 Å². The Morgan fingerprint density at radius 1 is 0.806 bits per heavy atom. The molecule has 0 saturated carbocycles. The van der Waals surface area contributed by atoms with Gasteiger partial charge in [0.25, 0.3) is 0 Å². The first-order chi connectivity index (χ1) is 15.1. The van der Waals surface area contributed by atoms with Crippen LogP contribution in [0.25, 0.3) is 22.6 Å².